The molecule has 0 aliphatic carbocycles. The van der Waals surface area contributed by atoms with Gasteiger partial charge < -0.3 is 14.8 Å². The normalized spacial score (nSPS) is 20.6. The standard InChI is InChI=1S/C21H29N3O2/c1-14(2)12-23-13-19(17-10-5-6-11-18(17)20(23)25)22-21(26)24-15(3)8-7-9-16(24)4/h5-6,10-11,13-16H,7-9,12H2,1-4H3,(H,22,26)/t15-,16+. The van der Waals surface area contributed by atoms with E-state index in [0.29, 0.717) is 23.5 Å². The van der Waals surface area contributed by atoms with Gasteiger partial charge in [0.1, 0.15) is 0 Å². The summed E-state index contributed by atoms with van der Waals surface area (Å²) in [5.74, 6) is 0.347. The molecule has 140 valence electrons. The number of fused-ring (bicyclic) bond motifs is 1. The number of pyridine rings is 1. The molecule has 0 bridgehead atoms. The SMILES string of the molecule is CC(C)Cn1cc(NC(=O)N2[C@H](C)CCC[C@@H]2C)c2ccccc2c1=O. The van der Waals surface area contributed by atoms with Crippen LogP contribution >= 0.6 is 0 Å². The van der Waals surface area contributed by atoms with E-state index >= 15 is 0 Å². The van der Waals surface area contributed by atoms with Gasteiger partial charge in [-0.25, -0.2) is 4.79 Å². The third-order valence-electron chi connectivity index (χ3n) is 5.22. The summed E-state index contributed by atoms with van der Waals surface area (Å²) in [6, 6.07) is 7.87. The van der Waals surface area contributed by atoms with Crippen LogP contribution in [-0.4, -0.2) is 27.6 Å². The van der Waals surface area contributed by atoms with Crippen LogP contribution in [0.2, 0.25) is 0 Å². The Kier molecular flexibility index (Phi) is 5.35. The second kappa shape index (κ2) is 7.52. The fourth-order valence-corrected chi connectivity index (χ4v) is 3.97. The van der Waals surface area contributed by atoms with Crippen molar-refractivity contribution in [1.82, 2.24) is 9.47 Å². The predicted octanol–water partition coefficient (Wildman–Crippen LogP) is 4.45. The number of urea groups is 1. The molecule has 1 aliphatic rings. The monoisotopic (exact) mass is 355 g/mol. The number of nitrogens with zero attached hydrogens (tertiary/aromatic N) is 2. The van der Waals surface area contributed by atoms with E-state index in [0.717, 1.165) is 24.6 Å². The number of nitrogens with one attached hydrogen (secondary N) is 1. The number of anilines is 1. The van der Waals surface area contributed by atoms with Crippen LogP contribution in [0.1, 0.15) is 47.0 Å². The molecule has 1 aromatic heterocycles. The van der Waals surface area contributed by atoms with Gasteiger partial charge in [-0.2, -0.15) is 0 Å². The van der Waals surface area contributed by atoms with Crippen LogP contribution in [-0.2, 0) is 6.54 Å². The highest BCUT2D eigenvalue weighted by molar-refractivity contribution is 6.01. The maximum atomic E-state index is 13.0. The van der Waals surface area contributed by atoms with Crippen molar-refractivity contribution in [2.24, 2.45) is 5.92 Å². The van der Waals surface area contributed by atoms with Crippen LogP contribution in [0.4, 0.5) is 10.5 Å². The van der Waals surface area contributed by atoms with Crippen molar-refractivity contribution in [2.75, 3.05) is 5.32 Å². The summed E-state index contributed by atoms with van der Waals surface area (Å²) >= 11 is 0. The minimum absolute atomic E-state index is 0.00740. The average Bonchev–Trinajstić information content (AvgIpc) is 2.58. The maximum Gasteiger partial charge on any atom is 0.322 e. The Bertz CT molecular complexity index is 846. The molecule has 0 spiro atoms. The third kappa shape index (κ3) is 3.62. The molecular formula is C21H29N3O2. The second-order valence-electron chi connectivity index (χ2n) is 7.91. The number of piperidine rings is 1. The van der Waals surface area contributed by atoms with Crippen LogP contribution in [0, 0.1) is 5.92 Å². The zero-order valence-electron chi connectivity index (χ0n) is 16.2. The summed E-state index contributed by atoms with van der Waals surface area (Å²) in [5, 5.41) is 4.52. The molecule has 2 amide bonds. The number of carbonyl (C=O) groups is 1. The van der Waals surface area contributed by atoms with Crippen molar-refractivity contribution in [3.8, 4) is 0 Å². The lowest BCUT2D eigenvalue weighted by molar-refractivity contribution is 0.133. The molecule has 2 heterocycles. The van der Waals surface area contributed by atoms with Crippen molar-refractivity contribution < 1.29 is 4.79 Å². The van der Waals surface area contributed by atoms with E-state index in [1.807, 2.05) is 29.2 Å². The summed E-state index contributed by atoms with van der Waals surface area (Å²) in [4.78, 5) is 27.7. The Morgan fingerprint density at radius 1 is 1.15 bits per heavy atom. The average molecular weight is 355 g/mol. The number of aromatic nitrogens is 1. The third-order valence-corrected chi connectivity index (χ3v) is 5.22. The highest BCUT2D eigenvalue weighted by Gasteiger charge is 2.29. The number of benzene rings is 1. The van der Waals surface area contributed by atoms with Gasteiger partial charge in [-0.15, -0.1) is 0 Å². The van der Waals surface area contributed by atoms with Crippen LogP contribution < -0.4 is 10.9 Å². The van der Waals surface area contributed by atoms with Gasteiger partial charge in [0, 0.05) is 35.6 Å². The van der Waals surface area contributed by atoms with Gasteiger partial charge in [0.2, 0.25) is 0 Å². The molecule has 1 N–H and O–H groups in total. The van der Waals surface area contributed by atoms with Crippen LogP contribution in [0.25, 0.3) is 10.8 Å². The minimum atomic E-state index is -0.0791. The van der Waals surface area contributed by atoms with Crippen molar-refractivity contribution in [2.45, 2.75) is 65.6 Å². The van der Waals surface area contributed by atoms with E-state index in [1.54, 1.807) is 10.8 Å². The van der Waals surface area contributed by atoms with Gasteiger partial charge in [0.25, 0.3) is 5.56 Å². The molecule has 1 saturated heterocycles. The van der Waals surface area contributed by atoms with Gasteiger partial charge in [-0.1, -0.05) is 32.0 Å². The molecule has 0 saturated carbocycles. The van der Waals surface area contributed by atoms with E-state index in [1.165, 1.54) is 0 Å². The Morgan fingerprint density at radius 2 is 1.77 bits per heavy atom. The number of carbonyl (C=O) groups excluding carboxylic acids is 1. The summed E-state index contributed by atoms with van der Waals surface area (Å²) in [6.07, 6.45) is 5.02. The smallest absolute Gasteiger partial charge is 0.319 e. The summed E-state index contributed by atoms with van der Waals surface area (Å²) in [7, 11) is 0. The van der Waals surface area contributed by atoms with Gasteiger partial charge in [-0.3, -0.25) is 4.79 Å². The largest absolute Gasteiger partial charge is 0.322 e. The molecule has 26 heavy (non-hydrogen) atoms. The van der Waals surface area contributed by atoms with E-state index < -0.39 is 0 Å². The Hall–Kier alpha value is -2.30. The highest BCUT2D eigenvalue weighted by atomic mass is 16.2. The lowest BCUT2D eigenvalue weighted by Gasteiger charge is -2.39. The van der Waals surface area contributed by atoms with Crippen LogP contribution in [0.5, 0.6) is 0 Å². The molecule has 1 fully saturated rings. The quantitative estimate of drug-likeness (QED) is 0.884. The van der Waals surface area contributed by atoms with E-state index in [2.05, 4.69) is 33.0 Å². The van der Waals surface area contributed by atoms with Gasteiger partial charge in [0.05, 0.1) is 5.69 Å². The van der Waals surface area contributed by atoms with Crippen LogP contribution in [0.3, 0.4) is 0 Å². The Labute approximate surface area is 155 Å². The molecular weight excluding hydrogens is 326 g/mol. The second-order valence-corrected chi connectivity index (χ2v) is 7.91. The summed E-state index contributed by atoms with van der Waals surface area (Å²) < 4.78 is 1.71. The molecule has 5 heteroatoms. The van der Waals surface area contributed by atoms with Crippen molar-refractivity contribution in [3.05, 3.63) is 40.8 Å². The molecule has 3 rings (SSSR count). The van der Waals surface area contributed by atoms with Crippen molar-refractivity contribution in [3.63, 3.8) is 0 Å². The van der Waals surface area contributed by atoms with E-state index in [9.17, 15) is 9.59 Å². The maximum absolute atomic E-state index is 13.0. The van der Waals surface area contributed by atoms with Gasteiger partial charge >= 0.3 is 6.03 Å². The lowest BCUT2D eigenvalue weighted by Crippen LogP contribution is -2.49. The number of hydrogen-bond donors (Lipinski definition) is 1. The fourth-order valence-electron chi connectivity index (χ4n) is 3.97. The molecule has 1 aromatic carbocycles. The Balaban J connectivity index is 2.00. The zero-order valence-corrected chi connectivity index (χ0v) is 16.2. The molecule has 2 atom stereocenters. The number of rotatable bonds is 3. The van der Waals surface area contributed by atoms with Crippen LogP contribution in [0.15, 0.2) is 35.3 Å². The topological polar surface area (TPSA) is 54.3 Å². The highest BCUT2D eigenvalue weighted by Crippen LogP contribution is 2.26. The number of amides is 2. The number of hydrogen-bond acceptors (Lipinski definition) is 2. The van der Waals surface area contributed by atoms with Crippen molar-refractivity contribution in [1.29, 1.82) is 0 Å². The first-order valence-corrected chi connectivity index (χ1v) is 9.60. The number of likely N-dealkylation sites (tertiary alicyclic amines) is 1. The minimum Gasteiger partial charge on any atom is -0.319 e. The van der Waals surface area contributed by atoms with Gasteiger partial charge in [-0.05, 0) is 45.1 Å². The molecule has 0 radical (unpaired) electrons. The first-order chi connectivity index (χ1) is 12.4. The summed E-state index contributed by atoms with van der Waals surface area (Å²) in [6.45, 7) is 9.00. The first-order valence-electron chi connectivity index (χ1n) is 9.60. The zero-order chi connectivity index (χ0) is 18.8. The van der Waals surface area contributed by atoms with Gasteiger partial charge in [0.15, 0.2) is 0 Å². The predicted molar refractivity (Wildman–Crippen MR) is 107 cm³/mol. The molecule has 0 unspecified atom stereocenters. The lowest BCUT2D eigenvalue weighted by atomic mass is 9.98. The first kappa shape index (κ1) is 18.5. The fraction of sp³-hybridized carbons (Fsp3) is 0.524. The Morgan fingerprint density at radius 3 is 2.38 bits per heavy atom. The molecule has 5 nitrogen and oxygen atoms in total. The molecule has 2 aromatic rings. The summed E-state index contributed by atoms with van der Waals surface area (Å²) in [5.41, 5.74) is 0.697. The van der Waals surface area contributed by atoms with E-state index in [4.69, 9.17) is 0 Å². The molecule has 1 aliphatic heterocycles. The van der Waals surface area contributed by atoms with E-state index in [-0.39, 0.29) is 23.7 Å². The van der Waals surface area contributed by atoms with Crippen molar-refractivity contribution >= 4 is 22.5 Å².